The van der Waals surface area contributed by atoms with Crippen molar-refractivity contribution in [1.29, 1.82) is 0 Å². The third-order valence-electron chi connectivity index (χ3n) is 3.33. The highest BCUT2D eigenvalue weighted by molar-refractivity contribution is 9.11. The van der Waals surface area contributed by atoms with E-state index >= 15 is 0 Å². The van der Waals surface area contributed by atoms with Crippen LogP contribution < -0.4 is 10.1 Å². The van der Waals surface area contributed by atoms with Crippen LogP contribution in [0.2, 0.25) is 0 Å². The van der Waals surface area contributed by atoms with Crippen molar-refractivity contribution in [2.24, 2.45) is 0 Å². The molecule has 0 atom stereocenters. The number of rotatable bonds is 4. The van der Waals surface area contributed by atoms with Crippen molar-refractivity contribution in [2.75, 3.05) is 12.4 Å². The number of nitrogens with one attached hydrogen (secondary N) is 2. The van der Waals surface area contributed by atoms with E-state index in [1.165, 1.54) is 5.39 Å². The summed E-state index contributed by atoms with van der Waals surface area (Å²) in [5.74, 6) is 0.855. The van der Waals surface area contributed by atoms with Crippen molar-refractivity contribution in [2.45, 2.75) is 6.54 Å². The lowest BCUT2D eigenvalue weighted by atomic mass is 10.2. The molecule has 0 saturated carbocycles. The van der Waals surface area contributed by atoms with Gasteiger partial charge in [0.2, 0.25) is 0 Å². The highest BCUT2D eigenvalue weighted by Crippen LogP contribution is 2.33. The molecule has 0 bridgehead atoms. The first-order chi connectivity index (χ1) is 10.2. The van der Waals surface area contributed by atoms with Crippen molar-refractivity contribution in [1.82, 2.24) is 4.98 Å². The molecule has 21 heavy (non-hydrogen) atoms. The second-order valence-electron chi connectivity index (χ2n) is 4.71. The molecule has 2 aromatic carbocycles. The van der Waals surface area contributed by atoms with E-state index in [1.54, 1.807) is 7.11 Å². The van der Waals surface area contributed by atoms with E-state index in [9.17, 15) is 0 Å². The summed E-state index contributed by atoms with van der Waals surface area (Å²) < 4.78 is 7.43. The van der Waals surface area contributed by atoms with Gasteiger partial charge in [0.15, 0.2) is 0 Å². The molecule has 3 nitrogen and oxygen atoms in total. The zero-order valence-corrected chi connectivity index (χ0v) is 14.6. The van der Waals surface area contributed by atoms with Crippen LogP contribution in [0, 0.1) is 0 Å². The number of aromatic amines is 1. The molecule has 0 spiro atoms. The molecule has 0 aliphatic rings. The van der Waals surface area contributed by atoms with Gasteiger partial charge >= 0.3 is 0 Å². The fourth-order valence-electron chi connectivity index (χ4n) is 2.33. The van der Waals surface area contributed by atoms with Crippen LogP contribution in [-0.2, 0) is 6.54 Å². The van der Waals surface area contributed by atoms with Gasteiger partial charge in [0.1, 0.15) is 5.75 Å². The van der Waals surface area contributed by atoms with E-state index in [0.29, 0.717) is 6.54 Å². The predicted octanol–water partition coefficient (Wildman–Crippen LogP) is 5.31. The summed E-state index contributed by atoms with van der Waals surface area (Å²) in [5.41, 5.74) is 3.32. The van der Waals surface area contributed by atoms with Gasteiger partial charge in [-0.3, -0.25) is 0 Å². The van der Waals surface area contributed by atoms with Crippen molar-refractivity contribution in [3.05, 3.63) is 57.1 Å². The molecule has 1 heterocycles. The van der Waals surface area contributed by atoms with Crippen LogP contribution in [-0.4, -0.2) is 12.1 Å². The lowest BCUT2D eigenvalue weighted by Gasteiger charge is -2.13. The van der Waals surface area contributed by atoms with Gasteiger partial charge in [0, 0.05) is 39.4 Å². The molecule has 2 N–H and O–H groups in total. The van der Waals surface area contributed by atoms with E-state index in [4.69, 9.17) is 4.74 Å². The molecule has 3 rings (SSSR count). The number of benzene rings is 2. The Bertz CT molecular complexity index is 783. The van der Waals surface area contributed by atoms with Gasteiger partial charge in [0.25, 0.3) is 0 Å². The summed E-state index contributed by atoms with van der Waals surface area (Å²) in [5, 5.41) is 4.63. The second kappa shape index (κ2) is 6.12. The van der Waals surface area contributed by atoms with Crippen LogP contribution in [0.4, 0.5) is 5.69 Å². The Hall–Kier alpha value is -1.46. The van der Waals surface area contributed by atoms with Gasteiger partial charge in [-0.1, -0.05) is 15.9 Å². The molecule has 0 aliphatic carbocycles. The van der Waals surface area contributed by atoms with E-state index in [0.717, 1.165) is 31.5 Å². The van der Waals surface area contributed by atoms with Crippen molar-refractivity contribution >= 4 is 48.5 Å². The zero-order chi connectivity index (χ0) is 14.8. The minimum atomic E-state index is 0.692. The lowest BCUT2D eigenvalue weighted by molar-refractivity contribution is 0.407. The summed E-state index contributed by atoms with van der Waals surface area (Å²) in [6, 6.07) is 12.4. The Balaban J connectivity index is 1.83. The summed E-state index contributed by atoms with van der Waals surface area (Å²) in [6.45, 7) is 0.692. The maximum Gasteiger partial charge on any atom is 0.138 e. The van der Waals surface area contributed by atoms with Gasteiger partial charge < -0.3 is 15.0 Å². The van der Waals surface area contributed by atoms with Gasteiger partial charge in [-0.25, -0.2) is 0 Å². The fraction of sp³-hybridized carbons (Fsp3) is 0.125. The Kier molecular flexibility index (Phi) is 4.22. The van der Waals surface area contributed by atoms with Crippen LogP contribution in [0.5, 0.6) is 5.75 Å². The number of methoxy groups -OCH3 is 1. The molecule has 0 amide bonds. The van der Waals surface area contributed by atoms with Gasteiger partial charge in [-0.05, 0) is 52.3 Å². The molecule has 5 heteroatoms. The average Bonchev–Trinajstić information content (AvgIpc) is 2.92. The number of halogens is 2. The largest absolute Gasteiger partial charge is 0.495 e. The summed E-state index contributed by atoms with van der Waals surface area (Å²) >= 11 is 7.04. The molecule has 0 unspecified atom stereocenters. The first-order valence-corrected chi connectivity index (χ1v) is 8.09. The maximum atomic E-state index is 5.46. The smallest absolute Gasteiger partial charge is 0.138 e. The first-order valence-electron chi connectivity index (χ1n) is 6.50. The van der Waals surface area contributed by atoms with E-state index < -0.39 is 0 Å². The summed E-state index contributed by atoms with van der Waals surface area (Å²) in [7, 11) is 1.68. The third kappa shape index (κ3) is 3.09. The molecular formula is C16H14Br2N2O. The van der Waals surface area contributed by atoms with E-state index in [1.807, 2.05) is 12.3 Å². The Morgan fingerprint density at radius 2 is 2.00 bits per heavy atom. The topological polar surface area (TPSA) is 37.0 Å². The van der Waals surface area contributed by atoms with Crippen LogP contribution in [0.15, 0.2) is 51.5 Å². The number of anilines is 1. The quantitative estimate of drug-likeness (QED) is 0.612. The third-order valence-corrected chi connectivity index (χ3v) is 4.37. The van der Waals surface area contributed by atoms with Gasteiger partial charge in [-0.2, -0.15) is 0 Å². The average molecular weight is 410 g/mol. The summed E-state index contributed by atoms with van der Waals surface area (Å²) in [4.78, 5) is 3.19. The Morgan fingerprint density at radius 3 is 2.81 bits per heavy atom. The second-order valence-corrected chi connectivity index (χ2v) is 6.48. The van der Waals surface area contributed by atoms with Crippen LogP contribution in [0.25, 0.3) is 10.9 Å². The monoisotopic (exact) mass is 408 g/mol. The summed E-state index contributed by atoms with van der Waals surface area (Å²) in [6.07, 6.45) is 1.95. The molecule has 3 aromatic rings. The molecule has 108 valence electrons. The number of hydrogen-bond donors (Lipinski definition) is 2. The van der Waals surface area contributed by atoms with Gasteiger partial charge in [0.05, 0.1) is 11.6 Å². The molecule has 1 aromatic heterocycles. The van der Waals surface area contributed by atoms with Crippen LogP contribution >= 0.6 is 31.9 Å². The number of aromatic nitrogens is 1. The van der Waals surface area contributed by atoms with Crippen molar-refractivity contribution < 1.29 is 4.74 Å². The predicted molar refractivity (Wildman–Crippen MR) is 94.0 cm³/mol. The number of H-pyrrole nitrogens is 1. The minimum absolute atomic E-state index is 0.692. The van der Waals surface area contributed by atoms with Crippen molar-refractivity contribution in [3.63, 3.8) is 0 Å². The minimum Gasteiger partial charge on any atom is -0.495 e. The van der Waals surface area contributed by atoms with E-state index in [2.05, 4.69) is 72.5 Å². The molecule has 0 radical (unpaired) electrons. The SMILES string of the molecule is COc1c(Br)cc(Br)cc1CNc1ccc2[nH]ccc2c1. The molecular weight excluding hydrogens is 396 g/mol. The lowest BCUT2D eigenvalue weighted by Crippen LogP contribution is -2.02. The number of fused-ring (bicyclic) bond motifs is 1. The Labute approximate surface area is 140 Å². The normalized spacial score (nSPS) is 10.8. The Morgan fingerprint density at radius 1 is 1.14 bits per heavy atom. The number of ether oxygens (including phenoxy) is 1. The van der Waals surface area contributed by atoms with Gasteiger partial charge in [-0.15, -0.1) is 0 Å². The molecule has 0 saturated heterocycles. The number of hydrogen-bond acceptors (Lipinski definition) is 2. The van der Waals surface area contributed by atoms with E-state index in [-0.39, 0.29) is 0 Å². The first kappa shape index (κ1) is 14.5. The zero-order valence-electron chi connectivity index (χ0n) is 11.4. The van der Waals surface area contributed by atoms with Crippen molar-refractivity contribution in [3.8, 4) is 5.75 Å². The standard InChI is InChI=1S/C16H14Br2N2O/c1-21-16-11(6-12(17)8-14(16)18)9-20-13-2-3-15-10(7-13)4-5-19-15/h2-8,19-20H,9H2,1H3. The molecule has 0 aliphatic heterocycles. The maximum absolute atomic E-state index is 5.46. The highest BCUT2D eigenvalue weighted by Gasteiger charge is 2.09. The fourth-order valence-corrected chi connectivity index (χ4v) is 3.81. The molecule has 0 fully saturated rings. The van der Waals surface area contributed by atoms with Crippen LogP contribution in [0.1, 0.15) is 5.56 Å². The van der Waals surface area contributed by atoms with Crippen LogP contribution in [0.3, 0.4) is 0 Å². The highest BCUT2D eigenvalue weighted by atomic mass is 79.9.